The Hall–Kier alpha value is -1.09. The van der Waals surface area contributed by atoms with E-state index in [0.29, 0.717) is 6.04 Å². The van der Waals surface area contributed by atoms with Crippen molar-refractivity contribution in [3.8, 4) is 0 Å². The number of hydrogen-bond donors (Lipinski definition) is 3. The number of hydrogen-bond acceptors (Lipinski definition) is 4. The number of aliphatic hydroxyl groups excluding tert-OH is 1. The molecule has 0 atom stereocenters. The molecule has 0 unspecified atom stereocenters. The zero-order valence-electron chi connectivity index (χ0n) is 17.7. The molecule has 1 aromatic heterocycles. The average Bonchev–Trinajstić information content (AvgIpc) is 2.72. The summed E-state index contributed by atoms with van der Waals surface area (Å²) in [5.41, 5.74) is 0.0967. The van der Waals surface area contributed by atoms with E-state index in [0.717, 1.165) is 70.1 Å². The van der Waals surface area contributed by atoms with Gasteiger partial charge in [-0.1, -0.05) is 19.9 Å². The smallest absolute Gasteiger partial charge is 0.191 e. The van der Waals surface area contributed by atoms with Crippen LogP contribution in [0.15, 0.2) is 29.4 Å². The van der Waals surface area contributed by atoms with Crippen molar-refractivity contribution in [2.45, 2.75) is 58.9 Å². The predicted octanol–water partition coefficient (Wildman–Crippen LogP) is 3.41. The Labute approximate surface area is 187 Å². The van der Waals surface area contributed by atoms with Crippen LogP contribution in [0.2, 0.25) is 0 Å². The fourth-order valence-corrected chi connectivity index (χ4v) is 3.70. The third kappa shape index (κ3) is 7.39. The minimum atomic E-state index is 0. The Morgan fingerprint density at radius 2 is 1.96 bits per heavy atom. The SMILES string of the molecule is CCNC(=NCC(CC)(CC)CCO)NC1CCN(c2ccccn2)CC1.I. The molecular weight excluding hydrogens is 465 g/mol. The number of guanidine groups is 1. The lowest BCUT2D eigenvalue weighted by Crippen LogP contribution is -2.49. The molecule has 160 valence electrons. The first-order valence-electron chi connectivity index (χ1n) is 10.5. The third-order valence-corrected chi connectivity index (χ3v) is 5.87. The topological polar surface area (TPSA) is 72.8 Å². The molecule has 2 heterocycles. The van der Waals surface area contributed by atoms with Gasteiger partial charge < -0.3 is 20.6 Å². The maximum Gasteiger partial charge on any atom is 0.191 e. The van der Waals surface area contributed by atoms with Crippen molar-refractivity contribution < 1.29 is 5.11 Å². The molecule has 0 amide bonds. The highest BCUT2D eigenvalue weighted by atomic mass is 127. The number of nitrogens with one attached hydrogen (secondary N) is 2. The number of anilines is 1. The minimum absolute atomic E-state index is 0. The van der Waals surface area contributed by atoms with Crippen molar-refractivity contribution >= 4 is 35.8 Å². The molecule has 1 aliphatic rings. The number of nitrogens with zero attached hydrogens (tertiary/aromatic N) is 3. The molecule has 1 saturated heterocycles. The number of aliphatic imine (C=N–C) groups is 1. The maximum atomic E-state index is 9.42. The van der Waals surface area contributed by atoms with Gasteiger partial charge in [0.25, 0.3) is 0 Å². The van der Waals surface area contributed by atoms with Crippen LogP contribution in [0.4, 0.5) is 5.82 Å². The van der Waals surface area contributed by atoms with Gasteiger partial charge in [-0.15, -0.1) is 24.0 Å². The Bertz CT molecular complexity index is 557. The van der Waals surface area contributed by atoms with Crippen LogP contribution in [0.25, 0.3) is 0 Å². The lowest BCUT2D eigenvalue weighted by atomic mass is 9.79. The van der Waals surface area contributed by atoms with E-state index in [1.807, 2.05) is 18.3 Å². The number of aliphatic hydroxyl groups is 1. The molecule has 1 fully saturated rings. The van der Waals surface area contributed by atoms with Gasteiger partial charge in [0.1, 0.15) is 5.82 Å². The van der Waals surface area contributed by atoms with Crippen LogP contribution in [0.3, 0.4) is 0 Å². The highest BCUT2D eigenvalue weighted by molar-refractivity contribution is 14.0. The van der Waals surface area contributed by atoms with Gasteiger partial charge in [0.15, 0.2) is 5.96 Å². The average molecular weight is 503 g/mol. The molecule has 0 aromatic carbocycles. The first kappa shape index (κ1) is 24.9. The molecule has 6 nitrogen and oxygen atoms in total. The van der Waals surface area contributed by atoms with Crippen LogP contribution in [-0.4, -0.2) is 54.9 Å². The van der Waals surface area contributed by atoms with Gasteiger partial charge in [0, 0.05) is 45.0 Å². The van der Waals surface area contributed by atoms with Crippen molar-refractivity contribution in [2.75, 3.05) is 37.7 Å². The quantitative estimate of drug-likeness (QED) is 0.274. The largest absolute Gasteiger partial charge is 0.396 e. The molecule has 7 heteroatoms. The summed E-state index contributed by atoms with van der Waals surface area (Å²) in [6.45, 7) is 10.3. The fraction of sp³-hybridized carbons (Fsp3) is 0.714. The highest BCUT2D eigenvalue weighted by Gasteiger charge is 2.26. The maximum absolute atomic E-state index is 9.42. The molecule has 28 heavy (non-hydrogen) atoms. The van der Waals surface area contributed by atoms with Gasteiger partial charge in [0.2, 0.25) is 0 Å². The molecule has 2 rings (SSSR count). The minimum Gasteiger partial charge on any atom is -0.396 e. The molecule has 0 saturated carbocycles. The van der Waals surface area contributed by atoms with E-state index in [1.54, 1.807) is 0 Å². The molecular formula is C21H38IN5O. The second-order valence-electron chi connectivity index (χ2n) is 7.47. The molecule has 1 aromatic rings. The molecule has 1 aliphatic heterocycles. The lowest BCUT2D eigenvalue weighted by Gasteiger charge is -2.34. The lowest BCUT2D eigenvalue weighted by molar-refractivity contribution is 0.175. The predicted molar refractivity (Wildman–Crippen MR) is 129 cm³/mol. The van der Waals surface area contributed by atoms with Gasteiger partial charge in [-0.2, -0.15) is 0 Å². The Balaban J connectivity index is 0.00000392. The molecule has 0 spiro atoms. The van der Waals surface area contributed by atoms with Crippen LogP contribution >= 0.6 is 24.0 Å². The van der Waals surface area contributed by atoms with Gasteiger partial charge >= 0.3 is 0 Å². The van der Waals surface area contributed by atoms with E-state index in [4.69, 9.17) is 4.99 Å². The zero-order valence-corrected chi connectivity index (χ0v) is 20.0. The summed E-state index contributed by atoms with van der Waals surface area (Å²) in [5, 5.41) is 16.4. The van der Waals surface area contributed by atoms with Crippen molar-refractivity contribution in [3.05, 3.63) is 24.4 Å². The molecule has 0 radical (unpaired) electrons. The van der Waals surface area contributed by atoms with E-state index >= 15 is 0 Å². The van der Waals surface area contributed by atoms with Crippen LogP contribution in [0, 0.1) is 5.41 Å². The summed E-state index contributed by atoms with van der Waals surface area (Å²) in [6, 6.07) is 6.51. The standard InChI is InChI=1S/C21H37N5O.HI/c1-4-21(5-2,12-16-27)17-24-20(22-6-3)25-18-10-14-26(15-11-18)19-9-7-8-13-23-19;/h7-9,13,18,27H,4-6,10-12,14-17H2,1-3H3,(H2,22,24,25);1H. The normalized spacial score (nSPS) is 15.9. The van der Waals surface area contributed by atoms with E-state index < -0.39 is 0 Å². The fourth-order valence-electron chi connectivity index (χ4n) is 3.70. The van der Waals surface area contributed by atoms with Gasteiger partial charge in [-0.05, 0) is 56.6 Å². The van der Waals surface area contributed by atoms with Gasteiger partial charge in [0.05, 0.1) is 0 Å². The Morgan fingerprint density at radius 3 is 2.50 bits per heavy atom. The van der Waals surface area contributed by atoms with Crippen LogP contribution in [0.1, 0.15) is 52.9 Å². The van der Waals surface area contributed by atoms with E-state index in [9.17, 15) is 5.11 Å². The van der Waals surface area contributed by atoms with Gasteiger partial charge in [-0.25, -0.2) is 4.98 Å². The second kappa shape index (κ2) is 13.2. The summed E-state index contributed by atoms with van der Waals surface area (Å²) in [7, 11) is 0. The number of pyridine rings is 1. The van der Waals surface area contributed by atoms with E-state index in [2.05, 4.69) is 47.4 Å². The number of piperidine rings is 1. The molecule has 0 aliphatic carbocycles. The van der Waals surface area contributed by atoms with Crippen molar-refractivity contribution in [1.82, 2.24) is 15.6 Å². The van der Waals surface area contributed by atoms with Crippen molar-refractivity contribution in [3.63, 3.8) is 0 Å². The zero-order chi connectivity index (χ0) is 19.5. The number of halogens is 1. The van der Waals surface area contributed by atoms with Crippen LogP contribution < -0.4 is 15.5 Å². The number of aromatic nitrogens is 1. The summed E-state index contributed by atoms with van der Waals surface area (Å²) >= 11 is 0. The summed E-state index contributed by atoms with van der Waals surface area (Å²) in [5.74, 6) is 1.97. The highest BCUT2D eigenvalue weighted by Crippen LogP contribution is 2.30. The number of rotatable bonds is 9. The Morgan fingerprint density at radius 1 is 1.25 bits per heavy atom. The first-order chi connectivity index (χ1) is 13.2. The van der Waals surface area contributed by atoms with Crippen molar-refractivity contribution in [2.24, 2.45) is 10.4 Å². The van der Waals surface area contributed by atoms with E-state index in [1.165, 1.54) is 0 Å². The van der Waals surface area contributed by atoms with Gasteiger partial charge in [-0.3, -0.25) is 4.99 Å². The molecule has 3 N–H and O–H groups in total. The summed E-state index contributed by atoms with van der Waals surface area (Å²) in [4.78, 5) is 11.7. The summed E-state index contributed by atoms with van der Waals surface area (Å²) < 4.78 is 0. The third-order valence-electron chi connectivity index (χ3n) is 5.87. The Kier molecular flexibility index (Phi) is 11.8. The monoisotopic (exact) mass is 503 g/mol. The first-order valence-corrected chi connectivity index (χ1v) is 10.5. The second-order valence-corrected chi connectivity index (χ2v) is 7.47. The van der Waals surface area contributed by atoms with Crippen LogP contribution in [-0.2, 0) is 0 Å². The summed E-state index contributed by atoms with van der Waals surface area (Å²) in [6.07, 6.45) is 6.89. The molecule has 0 bridgehead atoms. The van der Waals surface area contributed by atoms with E-state index in [-0.39, 0.29) is 36.0 Å². The van der Waals surface area contributed by atoms with Crippen LogP contribution in [0.5, 0.6) is 0 Å². The van der Waals surface area contributed by atoms with Crippen molar-refractivity contribution in [1.29, 1.82) is 0 Å².